The lowest BCUT2D eigenvalue weighted by Gasteiger charge is -2.02. The molecule has 0 aromatic carbocycles. The maximum absolute atomic E-state index is 11.3. The summed E-state index contributed by atoms with van der Waals surface area (Å²) >= 11 is 0. The van der Waals surface area contributed by atoms with Gasteiger partial charge in [0.2, 0.25) is 0 Å². The SMILES string of the molecule is C=CCc1cc2[nH]c(cc(CC)nc(CCCC(=O)O)cc3[nH]c(cc(C(=C)C)n1)c(C)c3CCC=O)c(C=C)c2C. The number of H-pyrrole nitrogens is 2. The van der Waals surface area contributed by atoms with Crippen LogP contribution in [0.3, 0.4) is 0 Å². The fourth-order valence-electron chi connectivity index (χ4n) is 4.95. The van der Waals surface area contributed by atoms with Gasteiger partial charge in [-0.3, -0.25) is 14.8 Å². The van der Waals surface area contributed by atoms with Crippen LogP contribution in [0, 0.1) is 13.8 Å². The Morgan fingerprint density at radius 3 is 2.21 bits per heavy atom. The average Bonchev–Trinajstić information content (AvgIpc) is 3.39. The standard InChI is InChI=1S/C35H42N4O3/c1-8-13-26-19-31-23(6)28(10-3)33(38-31)18-25(9-2)36-27(14-11-16-35(41)42)20-34-29(15-12-17-40)24(7)32(39-34)21-30(37-26)22(4)5/h8,10,17-21,38-39H,1,3-4,9,11-16H2,2,5-7H3,(H,41,42). The number of carbonyl (C=O) groups is 2. The molecule has 3 N–H and O–H groups in total. The number of nitrogens with zero attached hydrogens (tertiary/aromatic N) is 2. The van der Waals surface area contributed by atoms with Crippen LogP contribution in [0.1, 0.15) is 78.1 Å². The van der Waals surface area contributed by atoms with Crippen molar-refractivity contribution in [3.05, 3.63) is 95.1 Å². The van der Waals surface area contributed by atoms with Crippen molar-refractivity contribution >= 4 is 46.0 Å². The molecule has 3 heterocycles. The first-order chi connectivity index (χ1) is 20.1. The van der Waals surface area contributed by atoms with Gasteiger partial charge in [-0.05, 0) is 93.0 Å². The van der Waals surface area contributed by atoms with E-state index >= 15 is 0 Å². The van der Waals surface area contributed by atoms with Crippen LogP contribution in [0.25, 0.3) is 33.7 Å². The lowest BCUT2D eigenvalue weighted by Crippen LogP contribution is -1.98. The molecule has 0 unspecified atom stereocenters. The number of aromatic nitrogens is 4. The van der Waals surface area contributed by atoms with E-state index in [1.807, 2.05) is 57.2 Å². The van der Waals surface area contributed by atoms with E-state index in [4.69, 9.17) is 9.97 Å². The average molecular weight is 567 g/mol. The van der Waals surface area contributed by atoms with E-state index in [9.17, 15) is 14.7 Å². The number of aldehydes is 1. The van der Waals surface area contributed by atoms with Crippen LogP contribution in [0.2, 0.25) is 0 Å². The molecule has 0 amide bonds. The van der Waals surface area contributed by atoms with E-state index in [-0.39, 0.29) is 6.42 Å². The molecule has 42 heavy (non-hydrogen) atoms. The second-order valence-electron chi connectivity index (χ2n) is 10.5. The zero-order valence-corrected chi connectivity index (χ0v) is 25.3. The summed E-state index contributed by atoms with van der Waals surface area (Å²) in [5, 5.41) is 9.27. The molecule has 3 aromatic rings. The first-order valence-electron chi connectivity index (χ1n) is 14.4. The van der Waals surface area contributed by atoms with Crippen LogP contribution in [-0.2, 0) is 35.3 Å². The Labute approximate surface area is 248 Å². The number of nitrogens with one attached hydrogen (secondary N) is 2. The Kier molecular flexibility index (Phi) is 11.4. The Morgan fingerprint density at radius 2 is 1.60 bits per heavy atom. The van der Waals surface area contributed by atoms with E-state index in [0.717, 1.165) is 79.0 Å². The van der Waals surface area contributed by atoms with Crippen molar-refractivity contribution in [1.29, 1.82) is 0 Å². The lowest BCUT2D eigenvalue weighted by molar-refractivity contribution is -0.137. The van der Waals surface area contributed by atoms with Crippen LogP contribution < -0.4 is 0 Å². The molecule has 0 saturated carbocycles. The third-order valence-corrected chi connectivity index (χ3v) is 7.28. The van der Waals surface area contributed by atoms with Gasteiger partial charge in [0.15, 0.2) is 0 Å². The van der Waals surface area contributed by atoms with Gasteiger partial charge >= 0.3 is 5.97 Å². The molecule has 0 aliphatic carbocycles. The predicted octanol–water partition coefficient (Wildman–Crippen LogP) is 7.81. The quantitative estimate of drug-likeness (QED) is 0.153. The second-order valence-corrected chi connectivity index (χ2v) is 10.5. The molecule has 0 fully saturated rings. The molecule has 0 aliphatic rings. The molecular weight excluding hydrogens is 524 g/mol. The maximum atomic E-state index is 11.3. The molecule has 0 aliphatic heterocycles. The summed E-state index contributed by atoms with van der Waals surface area (Å²) < 4.78 is 0. The molecule has 0 saturated heterocycles. The smallest absolute Gasteiger partial charge is 0.303 e. The van der Waals surface area contributed by atoms with Gasteiger partial charge in [0.1, 0.15) is 6.29 Å². The highest BCUT2D eigenvalue weighted by Gasteiger charge is 2.11. The Balaban J connectivity index is 2.59. The normalized spacial score (nSPS) is 10.7. The number of carboxylic acids is 1. The molecular formula is C35H42N4O3. The highest BCUT2D eigenvalue weighted by molar-refractivity contribution is 5.80. The van der Waals surface area contributed by atoms with E-state index in [1.54, 1.807) is 0 Å². The fraction of sp³-hybridized carbons (Fsp3) is 0.314. The third-order valence-electron chi connectivity index (χ3n) is 7.28. The number of fused-ring (bicyclic) bond motifs is 4. The first-order valence-corrected chi connectivity index (χ1v) is 14.4. The number of aryl methyl sites for hydroxylation is 5. The van der Waals surface area contributed by atoms with Crippen molar-refractivity contribution in [2.24, 2.45) is 0 Å². The number of aliphatic carboxylic acids is 1. The monoisotopic (exact) mass is 566 g/mol. The van der Waals surface area contributed by atoms with Crippen LogP contribution in [0.5, 0.6) is 0 Å². The number of hydrogen-bond donors (Lipinski definition) is 3. The van der Waals surface area contributed by atoms with Gasteiger partial charge in [0.25, 0.3) is 0 Å². The minimum Gasteiger partial charge on any atom is -0.481 e. The largest absolute Gasteiger partial charge is 0.481 e. The molecule has 7 heteroatoms. The summed E-state index contributed by atoms with van der Waals surface area (Å²) in [7, 11) is 0. The van der Waals surface area contributed by atoms with Crippen LogP contribution in [0.15, 0.2) is 50.1 Å². The first kappa shape index (κ1) is 32.0. The van der Waals surface area contributed by atoms with E-state index in [2.05, 4.69) is 36.6 Å². The number of aromatic amines is 2. The molecule has 3 rings (SSSR count). The maximum Gasteiger partial charge on any atom is 0.303 e. The fourth-order valence-corrected chi connectivity index (χ4v) is 4.95. The lowest BCUT2D eigenvalue weighted by atomic mass is 10.1. The molecule has 0 atom stereocenters. The van der Waals surface area contributed by atoms with Gasteiger partial charge < -0.3 is 19.9 Å². The van der Waals surface area contributed by atoms with E-state index < -0.39 is 5.97 Å². The third kappa shape index (κ3) is 8.03. The summed E-state index contributed by atoms with van der Waals surface area (Å²) in [4.78, 5) is 39.8. The molecule has 7 nitrogen and oxygen atoms in total. The summed E-state index contributed by atoms with van der Waals surface area (Å²) in [5.41, 5.74) is 11.6. The van der Waals surface area contributed by atoms with Crippen molar-refractivity contribution in [2.45, 2.75) is 72.6 Å². The summed E-state index contributed by atoms with van der Waals surface area (Å²) in [6.45, 7) is 20.2. The van der Waals surface area contributed by atoms with Crippen LogP contribution >= 0.6 is 0 Å². The van der Waals surface area contributed by atoms with Gasteiger partial charge in [0.05, 0.1) is 5.69 Å². The number of allylic oxidation sites excluding steroid dienone is 2. The van der Waals surface area contributed by atoms with Gasteiger partial charge in [-0.15, -0.1) is 6.58 Å². The highest BCUT2D eigenvalue weighted by atomic mass is 16.4. The molecule has 220 valence electrons. The van der Waals surface area contributed by atoms with Gasteiger partial charge in [-0.1, -0.05) is 32.2 Å². The van der Waals surface area contributed by atoms with Gasteiger partial charge in [-0.2, -0.15) is 0 Å². The summed E-state index contributed by atoms with van der Waals surface area (Å²) in [6, 6.07) is 8.04. The van der Waals surface area contributed by atoms with Crippen molar-refractivity contribution in [3.8, 4) is 0 Å². The Hall–Kier alpha value is -4.52. The Morgan fingerprint density at radius 1 is 0.929 bits per heavy atom. The minimum absolute atomic E-state index is 0.0520. The zero-order chi connectivity index (χ0) is 30.8. The van der Waals surface area contributed by atoms with Crippen molar-refractivity contribution in [3.63, 3.8) is 0 Å². The number of hydrogen-bond acceptors (Lipinski definition) is 4. The number of carboxylic acid groups (broad SMARTS) is 1. The van der Waals surface area contributed by atoms with Gasteiger partial charge in [-0.25, -0.2) is 0 Å². The zero-order valence-electron chi connectivity index (χ0n) is 25.3. The van der Waals surface area contributed by atoms with Crippen molar-refractivity contribution in [2.75, 3.05) is 0 Å². The minimum atomic E-state index is -0.838. The number of carbonyl (C=O) groups excluding carboxylic acids is 1. The Bertz CT molecular complexity index is 1660. The summed E-state index contributed by atoms with van der Waals surface area (Å²) in [5.74, 6) is -0.838. The highest BCUT2D eigenvalue weighted by Crippen LogP contribution is 2.25. The second kappa shape index (κ2) is 14.9. The van der Waals surface area contributed by atoms with Crippen LogP contribution in [0.4, 0.5) is 0 Å². The van der Waals surface area contributed by atoms with Gasteiger partial charge in [0, 0.05) is 64.0 Å². The molecule has 3 aromatic heterocycles. The van der Waals surface area contributed by atoms with E-state index in [0.29, 0.717) is 38.5 Å². The molecule has 0 spiro atoms. The van der Waals surface area contributed by atoms with Crippen LogP contribution in [-0.4, -0.2) is 37.3 Å². The predicted molar refractivity (Wildman–Crippen MR) is 174 cm³/mol. The molecule has 0 radical (unpaired) electrons. The topological polar surface area (TPSA) is 112 Å². The van der Waals surface area contributed by atoms with Crippen molar-refractivity contribution in [1.82, 2.24) is 19.9 Å². The summed E-state index contributed by atoms with van der Waals surface area (Å²) in [6.07, 6.45) is 7.78. The molecule has 4 bridgehead atoms. The van der Waals surface area contributed by atoms with Crippen molar-refractivity contribution < 1.29 is 14.7 Å². The van der Waals surface area contributed by atoms with E-state index in [1.165, 1.54) is 0 Å². The number of rotatable bonds is 12.